The number of nitrogens with zero attached hydrogens (tertiary/aromatic N) is 3. The zero-order chi connectivity index (χ0) is 7.98. The molecule has 10 heavy (non-hydrogen) atoms. The molecule has 0 aliphatic carbocycles. The Kier molecular flexibility index (Phi) is 4.37. The van der Waals surface area contributed by atoms with Crippen molar-refractivity contribution in [2.75, 3.05) is 7.05 Å². The Morgan fingerprint density at radius 1 is 1.20 bits per heavy atom. The van der Waals surface area contributed by atoms with E-state index in [0.29, 0.717) is 0 Å². The summed E-state index contributed by atoms with van der Waals surface area (Å²) in [5.74, 6) is 1.49. The summed E-state index contributed by atoms with van der Waals surface area (Å²) in [6, 6.07) is 0. The lowest BCUT2D eigenvalue weighted by Gasteiger charge is -1.89. The van der Waals surface area contributed by atoms with Gasteiger partial charge in [-0.3, -0.25) is 4.99 Å². The molecule has 0 aromatic carbocycles. The van der Waals surface area contributed by atoms with Crippen molar-refractivity contribution in [1.29, 1.82) is 0 Å². The summed E-state index contributed by atoms with van der Waals surface area (Å²) < 4.78 is 0. The molecule has 0 amide bonds. The van der Waals surface area contributed by atoms with Crippen LogP contribution in [0, 0.1) is 0 Å². The molecule has 0 radical (unpaired) electrons. The molecule has 0 unspecified atom stereocenters. The largest absolute Gasteiger partial charge is 0.274 e. The summed E-state index contributed by atoms with van der Waals surface area (Å²) in [5.41, 5.74) is 0. The molecule has 0 rings (SSSR count). The van der Waals surface area contributed by atoms with Crippen molar-refractivity contribution in [1.82, 2.24) is 0 Å². The SMILES string of the molecule is CC=NC(C)=NC(C)=NC. The van der Waals surface area contributed by atoms with Crippen molar-refractivity contribution in [2.24, 2.45) is 15.0 Å². The van der Waals surface area contributed by atoms with Gasteiger partial charge in [-0.2, -0.15) is 0 Å². The molecule has 0 aromatic rings. The molecule has 0 spiro atoms. The number of aliphatic imine (C=N–C) groups is 3. The monoisotopic (exact) mass is 139 g/mol. The maximum absolute atomic E-state index is 4.05. The van der Waals surface area contributed by atoms with Gasteiger partial charge >= 0.3 is 0 Å². The molecule has 0 aromatic heterocycles. The molecule has 0 atom stereocenters. The first-order chi connectivity index (χ1) is 4.70. The first-order valence-corrected chi connectivity index (χ1v) is 3.18. The zero-order valence-corrected chi connectivity index (χ0v) is 6.92. The minimum atomic E-state index is 0.741. The lowest BCUT2D eigenvalue weighted by atomic mass is 10.6. The van der Waals surface area contributed by atoms with Gasteiger partial charge < -0.3 is 0 Å². The molecule has 0 aliphatic heterocycles. The van der Waals surface area contributed by atoms with Gasteiger partial charge in [0.1, 0.15) is 11.7 Å². The van der Waals surface area contributed by atoms with Crippen LogP contribution in [0.25, 0.3) is 0 Å². The van der Waals surface area contributed by atoms with E-state index in [1.165, 1.54) is 0 Å². The summed E-state index contributed by atoms with van der Waals surface area (Å²) in [4.78, 5) is 11.9. The summed E-state index contributed by atoms with van der Waals surface area (Å²) in [6.07, 6.45) is 1.71. The minimum Gasteiger partial charge on any atom is -0.274 e. The quantitative estimate of drug-likeness (QED) is 0.360. The predicted molar refractivity (Wildman–Crippen MR) is 46.3 cm³/mol. The maximum atomic E-state index is 4.05. The highest BCUT2D eigenvalue weighted by Gasteiger charge is 1.84. The third-order valence-corrected chi connectivity index (χ3v) is 0.963. The fraction of sp³-hybridized carbons (Fsp3) is 0.571. The molecule has 0 fully saturated rings. The predicted octanol–water partition coefficient (Wildman–Crippen LogP) is 1.54. The first kappa shape index (κ1) is 9.01. The van der Waals surface area contributed by atoms with Gasteiger partial charge in [-0.05, 0) is 20.8 Å². The topological polar surface area (TPSA) is 37.1 Å². The Hall–Kier alpha value is -0.990. The molecule has 0 heterocycles. The second kappa shape index (κ2) is 4.85. The minimum absolute atomic E-state index is 0.741. The standard InChI is InChI=1S/C7H13N3/c1-5-9-7(3)10-6(2)8-4/h5H,1-4H3. The van der Waals surface area contributed by atoms with Crippen LogP contribution in [-0.4, -0.2) is 24.9 Å². The van der Waals surface area contributed by atoms with E-state index in [4.69, 9.17) is 0 Å². The highest BCUT2D eigenvalue weighted by molar-refractivity contribution is 5.97. The van der Waals surface area contributed by atoms with E-state index in [2.05, 4.69) is 15.0 Å². The Balaban J connectivity index is 4.16. The van der Waals surface area contributed by atoms with Crippen LogP contribution in [0.1, 0.15) is 20.8 Å². The van der Waals surface area contributed by atoms with E-state index in [0.717, 1.165) is 11.7 Å². The average Bonchev–Trinajstić information content (AvgIpc) is 1.88. The second-order valence-electron chi connectivity index (χ2n) is 1.82. The van der Waals surface area contributed by atoms with E-state index in [1.807, 2.05) is 20.8 Å². The Labute approximate surface area is 61.6 Å². The van der Waals surface area contributed by atoms with E-state index >= 15 is 0 Å². The molecule has 3 heteroatoms. The number of amidine groups is 2. The molecule has 0 saturated carbocycles. The Morgan fingerprint density at radius 3 is 2.20 bits per heavy atom. The van der Waals surface area contributed by atoms with Crippen molar-refractivity contribution in [3.63, 3.8) is 0 Å². The van der Waals surface area contributed by atoms with Crippen LogP contribution in [0.4, 0.5) is 0 Å². The number of hydrogen-bond acceptors (Lipinski definition) is 1. The van der Waals surface area contributed by atoms with Crippen LogP contribution in [0.2, 0.25) is 0 Å². The van der Waals surface area contributed by atoms with Crippen LogP contribution < -0.4 is 0 Å². The molecular weight excluding hydrogens is 126 g/mol. The molecule has 3 nitrogen and oxygen atoms in total. The molecule has 56 valence electrons. The van der Waals surface area contributed by atoms with Crippen molar-refractivity contribution in [3.05, 3.63) is 0 Å². The van der Waals surface area contributed by atoms with Crippen LogP contribution in [0.15, 0.2) is 15.0 Å². The summed E-state index contributed by atoms with van der Waals surface area (Å²) in [5, 5.41) is 0. The molecule has 0 aliphatic rings. The molecule has 0 N–H and O–H groups in total. The van der Waals surface area contributed by atoms with Crippen LogP contribution in [0.5, 0.6) is 0 Å². The van der Waals surface area contributed by atoms with E-state index < -0.39 is 0 Å². The summed E-state index contributed by atoms with van der Waals surface area (Å²) in [7, 11) is 1.71. The van der Waals surface area contributed by atoms with Crippen molar-refractivity contribution in [2.45, 2.75) is 20.8 Å². The molecule has 0 bridgehead atoms. The fourth-order valence-electron chi connectivity index (χ4n) is 0.500. The highest BCUT2D eigenvalue weighted by atomic mass is 15.0. The van der Waals surface area contributed by atoms with E-state index in [1.54, 1.807) is 13.3 Å². The third kappa shape index (κ3) is 3.95. The van der Waals surface area contributed by atoms with Gasteiger partial charge in [-0.1, -0.05) is 0 Å². The van der Waals surface area contributed by atoms with Gasteiger partial charge in [0.05, 0.1) is 0 Å². The lowest BCUT2D eigenvalue weighted by Crippen LogP contribution is -1.92. The number of rotatable bonds is 0. The summed E-state index contributed by atoms with van der Waals surface area (Å²) in [6.45, 7) is 5.54. The maximum Gasteiger partial charge on any atom is 0.126 e. The zero-order valence-electron chi connectivity index (χ0n) is 6.92. The van der Waals surface area contributed by atoms with E-state index in [9.17, 15) is 0 Å². The average molecular weight is 139 g/mol. The van der Waals surface area contributed by atoms with Crippen LogP contribution >= 0.6 is 0 Å². The van der Waals surface area contributed by atoms with Gasteiger partial charge in [-0.25, -0.2) is 9.98 Å². The van der Waals surface area contributed by atoms with Crippen molar-refractivity contribution in [3.8, 4) is 0 Å². The van der Waals surface area contributed by atoms with Crippen LogP contribution in [-0.2, 0) is 0 Å². The Bertz CT molecular complexity index is 177. The van der Waals surface area contributed by atoms with Gasteiger partial charge in [-0.15, -0.1) is 0 Å². The molecular formula is C7H13N3. The Morgan fingerprint density at radius 2 is 1.80 bits per heavy atom. The normalized spacial score (nSPS) is 14.8. The van der Waals surface area contributed by atoms with Crippen molar-refractivity contribution < 1.29 is 0 Å². The highest BCUT2D eigenvalue weighted by Crippen LogP contribution is 1.82. The van der Waals surface area contributed by atoms with Gasteiger partial charge in [0.25, 0.3) is 0 Å². The summed E-state index contributed by atoms with van der Waals surface area (Å²) >= 11 is 0. The smallest absolute Gasteiger partial charge is 0.126 e. The van der Waals surface area contributed by atoms with Gasteiger partial charge in [0, 0.05) is 13.3 Å². The van der Waals surface area contributed by atoms with Crippen LogP contribution in [0.3, 0.4) is 0 Å². The fourth-order valence-corrected chi connectivity index (χ4v) is 0.500. The van der Waals surface area contributed by atoms with Crippen molar-refractivity contribution >= 4 is 17.9 Å². The lowest BCUT2D eigenvalue weighted by molar-refractivity contribution is 1.36. The van der Waals surface area contributed by atoms with Gasteiger partial charge in [0.15, 0.2) is 0 Å². The van der Waals surface area contributed by atoms with Gasteiger partial charge in [0.2, 0.25) is 0 Å². The molecule has 0 saturated heterocycles. The third-order valence-electron chi connectivity index (χ3n) is 0.963. The first-order valence-electron chi connectivity index (χ1n) is 3.18. The van der Waals surface area contributed by atoms with E-state index in [-0.39, 0.29) is 0 Å². The second-order valence-corrected chi connectivity index (χ2v) is 1.82. The number of hydrogen-bond donors (Lipinski definition) is 0.